The van der Waals surface area contributed by atoms with E-state index in [0.29, 0.717) is 0 Å². The second-order valence-electron chi connectivity index (χ2n) is 5.57. The number of para-hydroxylation sites is 1. The van der Waals surface area contributed by atoms with E-state index in [1.165, 1.54) is 0 Å². The maximum Gasteiger partial charge on any atom is 0.244 e. The monoisotopic (exact) mass is 347 g/mol. The van der Waals surface area contributed by atoms with E-state index in [-0.39, 0.29) is 11.9 Å². The van der Waals surface area contributed by atoms with E-state index >= 15 is 0 Å². The largest absolute Gasteiger partial charge is 0.347 e. The zero-order chi connectivity index (χ0) is 15.0. The van der Waals surface area contributed by atoms with Gasteiger partial charge in [0.25, 0.3) is 0 Å². The Labute approximate surface area is 132 Å². The van der Waals surface area contributed by atoms with Gasteiger partial charge in [0.2, 0.25) is 5.91 Å². The summed E-state index contributed by atoms with van der Waals surface area (Å²) in [7, 11) is 3.62. The highest BCUT2D eigenvalue weighted by molar-refractivity contribution is 9.10. The molecular formula is C16H18BrN3O. The average Bonchev–Trinajstić information content (AvgIpc) is 2.95. The number of hydrogen-bond donors (Lipinski definition) is 0. The molecule has 0 aliphatic carbocycles. The van der Waals surface area contributed by atoms with E-state index in [1.807, 2.05) is 38.4 Å². The molecule has 0 bridgehead atoms. The van der Waals surface area contributed by atoms with Crippen molar-refractivity contribution in [1.82, 2.24) is 9.88 Å². The van der Waals surface area contributed by atoms with Gasteiger partial charge in [-0.2, -0.15) is 0 Å². The fourth-order valence-corrected chi connectivity index (χ4v) is 3.33. The normalized spacial score (nSPS) is 18.2. The number of likely N-dealkylation sites (N-methyl/N-ethyl adjacent to an activating group) is 1. The molecule has 1 unspecified atom stereocenters. The van der Waals surface area contributed by atoms with Crippen molar-refractivity contribution >= 4 is 38.6 Å². The molecule has 1 amide bonds. The second kappa shape index (κ2) is 5.64. The van der Waals surface area contributed by atoms with Crippen molar-refractivity contribution in [1.29, 1.82) is 0 Å². The van der Waals surface area contributed by atoms with Crippen molar-refractivity contribution in [3.63, 3.8) is 0 Å². The predicted molar refractivity (Wildman–Crippen MR) is 88.5 cm³/mol. The van der Waals surface area contributed by atoms with Crippen molar-refractivity contribution in [2.75, 3.05) is 25.5 Å². The molecule has 1 atom stereocenters. The minimum Gasteiger partial charge on any atom is -0.347 e. The van der Waals surface area contributed by atoms with Gasteiger partial charge in [0.15, 0.2) is 0 Å². The second-order valence-corrected chi connectivity index (χ2v) is 6.42. The molecule has 5 heteroatoms. The van der Waals surface area contributed by atoms with Crippen LogP contribution in [0.3, 0.4) is 0 Å². The summed E-state index contributed by atoms with van der Waals surface area (Å²) in [4.78, 5) is 20.9. The van der Waals surface area contributed by atoms with E-state index in [4.69, 9.17) is 4.98 Å². The molecular weight excluding hydrogens is 330 g/mol. The summed E-state index contributed by atoms with van der Waals surface area (Å²) in [5.41, 5.74) is 0.943. The third-order valence-corrected chi connectivity index (χ3v) is 4.57. The van der Waals surface area contributed by atoms with Crippen LogP contribution in [0.25, 0.3) is 10.9 Å². The Morgan fingerprint density at radius 1 is 1.33 bits per heavy atom. The molecule has 0 saturated carbocycles. The van der Waals surface area contributed by atoms with Crippen molar-refractivity contribution < 1.29 is 4.79 Å². The van der Waals surface area contributed by atoms with Gasteiger partial charge in [-0.05, 0) is 47.0 Å². The van der Waals surface area contributed by atoms with E-state index in [1.54, 1.807) is 4.90 Å². The van der Waals surface area contributed by atoms with Crippen LogP contribution >= 0.6 is 15.9 Å². The quantitative estimate of drug-likeness (QED) is 0.837. The van der Waals surface area contributed by atoms with Gasteiger partial charge in [-0.15, -0.1) is 0 Å². The first-order valence-electron chi connectivity index (χ1n) is 7.11. The van der Waals surface area contributed by atoms with Gasteiger partial charge in [0.05, 0.1) is 5.52 Å². The van der Waals surface area contributed by atoms with Crippen molar-refractivity contribution in [3.05, 3.63) is 34.8 Å². The number of halogens is 1. The summed E-state index contributed by atoms with van der Waals surface area (Å²) in [6.07, 6.45) is 1.92. The van der Waals surface area contributed by atoms with Gasteiger partial charge in [-0.3, -0.25) is 4.79 Å². The lowest BCUT2D eigenvalue weighted by molar-refractivity contribution is -0.129. The Morgan fingerprint density at radius 3 is 2.90 bits per heavy atom. The van der Waals surface area contributed by atoms with Crippen LogP contribution in [-0.2, 0) is 4.79 Å². The fraction of sp³-hybridized carbons (Fsp3) is 0.375. The van der Waals surface area contributed by atoms with Gasteiger partial charge < -0.3 is 9.80 Å². The van der Waals surface area contributed by atoms with Crippen molar-refractivity contribution in [2.24, 2.45) is 0 Å². The van der Waals surface area contributed by atoms with Crippen LogP contribution in [0, 0.1) is 0 Å². The minimum absolute atomic E-state index is 0.0903. The maximum absolute atomic E-state index is 12.3. The maximum atomic E-state index is 12.3. The van der Waals surface area contributed by atoms with Crippen LogP contribution in [0.1, 0.15) is 12.8 Å². The first-order valence-corrected chi connectivity index (χ1v) is 7.90. The Hall–Kier alpha value is -1.62. The van der Waals surface area contributed by atoms with Crippen LogP contribution in [0.4, 0.5) is 5.82 Å². The Bertz CT molecular complexity index is 686. The number of anilines is 1. The zero-order valence-corrected chi connectivity index (χ0v) is 13.8. The molecule has 1 aliphatic heterocycles. The van der Waals surface area contributed by atoms with Crippen LogP contribution in [0.2, 0.25) is 0 Å². The highest BCUT2D eigenvalue weighted by Gasteiger charge is 2.32. The minimum atomic E-state index is -0.0903. The van der Waals surface area contributed by atoms with Gasteiger partial charge in [0.1, 0.15) is 11.9 Å². The molecule has 1 aromatic carbocycles. The molecule has 1 aliphatic rings. The summed E-state index contributed by atoms with van der Waals surface area (Å²) >= 11 is 3.55. The molecule has 2 aromatic rings. The van der Waals surface area contributed by atoms with E-state index < -0.39 is 0 Å². The summed E-state index contributed by atoms with van der Waals surface area (Å²) in [6.45, 7) is 0.882. The van der Waals surface area contributed by atoms with E-state index in [0.717, 1.165) is 40.6 Å². The topological polar surface area (TPSA) is 36.4 Å². The summed E-state index contributed by atoms with van der Waals surface area (Å²) in [5.74, 6) is 1.04. The van der Waals surface area contributed by atoms with E-state index in [2.05, 4.69) is 26.9 Å². The molecule has 4 nitrogen and oxygen atoms in total. The van der Waals surface area contributed by atoms with E-state index in [9.17, 15) is 4.79 Å². The average molecular weight is 348 g/mol. The van der Waals surface area contributed by atoms with Gasteiger partial charge >= 0.3 is 0 Å². The lowest BCUT2D eigenvalue weighted by atomic mass is 10.2. The van der Waals surface area contributed by atoms with Crippen LogP contribution < -0.4 is 4.90 Å². The molecule has 0 N–H and O–H groups in total. The molecule has 3 rings (SSSR count). The first kappa shape index (κ1) is 14.3. The highest BCUT2D eigenvalue weighted by atomic mass is 79.9. The predicted octanol–water partition coefficient (Wildman–Crippen LogP) is 3.05. The fourth-order valence-electron chi connectivity index (χ4n) is 2.86. The standard InChI is InChI=1S/C16H18BrN3O/c1-19(2)16(21)13-7-4-10-20(13)14-9-8-11-5-3-6-12(17)15(11)18-14/h3,5-6,8-9,13H,4,7,10H2,1-2H3. The van der Waals surface area contributed by atoms with Crippen molar-refractivity contribution in [2.45, 2.75) is 18.9 Å². The number of amides is 1. The number of carbonyl (C=O) groups excluding carboxylic acids is 1. The first-order chi connectivity index (χ1) is 10.1. The Morgan fingerprint density at radius 2 is 2.14 bits per heavy atom. The van der Waals surface area contributed by atoms with Crippen LogP contribution in [0.5, 0.6) is 0 Å². The number of benzene rings is 1. The highest BCUT2D eigenvalue weighted by Crippen LogP contribution is 2.29. The summed E-state index contributed by atoms with van der Waals surface area (Å²) < 4.78 is 0.983. The van der Waals surface area contributed by atoms with Gasteiger partial charge in [-0.1, -0.05) is 12.1 Å². The summed E-state index contributed by atoms with van der Waals surface area (Å²) in [5, 5.41) is 1.10. The summed E-state index contributed by atoms with van der Waals surface area (Å²) in [6, 6.07) is 10.0. The third kappa shape index (κ3) is 2.62. The molecule has 0 spiro atoms. The zero-order valence-electron chi connectivity index (χ0n) is 12.2. The number of hydrogen-bond acceptors (Lipinski definition) is 3. The third-order valence-electron chi connectivity index (χ3n) is 3.93. The van der Waals surface area contributed by atoms with Crippen LogP contribution in [0.15, 0.2) is 34.8 Å². The van der Waals surface area contributed by atoms with Crippen molar-refractivity contribution in [3.8, 4) is 0 Å². The smallest absolute Gasteiger partial charge is 0.244 e. The van der Waals surface area contributed by atoms with Gasteiger partial charge in [-0.25, -0.2) is 4.98 Å². The molecule has 0 radical (unpaired) electrons. The molecule has 2 heterocycles. The molecule has 110 valence electrons. The number of aromatic nitrogens is 1. The van der Waals surface area contributed by atoms with Gasteiger partial charge in [0, 0.05) is 30.5 Å². The number of fused-ring (bicyclic) bond motifs is 1. The Kier molecular flexibility index (Phi) is 3.85. The lowest BCUT2D eigenvalue weighted by Crippen LogP contribution is -2.43. The molecule has 1 fully saturated rings. The number of rotatable bonds is 2. The SMILES string of the molecule is CN(C)C(=O)C1CCCN1c1ccc2cccc(Br)c2n1. The number of pyridine rings is 1. The number of carbonyl (C=O) groups is 1. The lowest BCUT2D eigenvalue weighted by Gasteiger charge is -2.27. The molecule has 1 aromatic heterocycles. The Balaban J connectivity index is 1.99. The molecule has 1 saturated heterocycles. The number of nitrogens with zero attached hydrogens (tertiary/aromatic N) is 3. The molecule has 21 heavy (non-hydrogen) atoms. The van der Waals surface area contributed by atoms with Crippen LogP contribution in [-0.4, -0.2) is 42.5 Å².